The lowest BCUT2D eigenvalue weighted by Crippen LogP contribution is -2.47. The number of thiophene rings is 1. The lowest BCUT2D eigenvalue weighted by molar-refractivity contribution is -0.128. The van der Waals surface area contributed by atoms with Crippen molar-refractivity contribution in [2.75, 3.05) is 7.05 Å². The molecule has 1 amide bonds. The van der Waals surface area contributed by atoms with E-state index in [0.29, 0.717) is 0 Å². The number of pyridine rings is 1. The van der Waals surface area contributed by atoms with Crippen molar-refractivity contribution in [2.24, 2.45) is 10.7 Å². The predicted octanol–water partition coefficient (Wildman–Crippen LogP) is 2.45. The molecular formula is C17H17N5OS. The zero-order valence-electron chi connectivity index (χ0n) is 13.4. The Morgan fingerprint density at radius 2 is 2.12 bits per heavy atom. The number of amides is 1. The first kappa shape index (κ1) is 14.9. The van der Waals surface area contributed by atoms with E-state index < -0.39 is 5.54 Å². The summed E-state index contributed by atoms with van der Waals surface area (Å²) in [7, 11) is 1.64. The highest BCUT2D eigenvalue weighted by Gasteiger charge is 2.38. The van der Waals surface area contributed by atoms with Gasteiger partial charge in [-0.15, -0.1) is 0 Å². The van der Waals surface area contributed by atoms with Crippen molar-refractivity contribution in [1.82, 2.24) is 14.3 Å². The molecule has 0 aliphatic carbocycles. The van der Waals surface area contributed by atoms with Crippen LogP contribution < -0.4 is 5.73 Å². The monoisotopic (exact) mass is 339 g/mol. The number of carbonyl (C=O) groups excluding carboxylic acids is 1. The third-order valence-corrected chi connectivity index (χ3v) is 5.17. The van der Waals surface area contributed by atoms with Crippen molar-refractivity contribution < 1.29 is 4.79 Å². The first-order chi connectivity index (χ1) is 11.5. The summed E-state index contributed by atoms with van der Waals surface area (Å²) >= 11 is 1.66. The molecule has 0 unspecified atom stereocenters. The standard InChI is InChI=1S/C17H17N5OS/c1-17(7-15(23)21(2)16(18)20-17)13-8-19-14-4-3-11(9-22(13)14)12-5-6-24-10-12/h3-6,8-10H,7H2,1-2H3,(H2,18,20)/t17-/m0/s1. The topological polar surface area (TPSA) is 76.0 Å². The molecule has 0 radical (unpaired) electrons. The van der Waals surface area contributed by atoms with Crippen LogP contribution in [0.25, 0.3) is 16.8 Å². The molecule has 2 N–H and O–H groups in total. The Hall–Kier alpha value is -2.67. The highest BCUT2D eigenvalue weighted by Crippen LogP contribution is 2.34. The first-order valence-corrected chi connectivity index (χ1v) is 8.54. The quantitative estimate of drug-likeness (QED) is 0.779. The molecule has 24 heavy (non-hydrogen) atoms. The Kier molecular flexibility index (Phi) is 3.21. The highest BCUT2D eigenvalue weighted by atomic mass is 32.1. The van der Waals surface area contributed by atoms with Gasteiger partial charge in [0.1, 0.15) is 11.2 Å². The Balaban J connectivity index is 1.88. The fourth-order valence-electron chi connectivity index (χ4n) is 3.03. The van der Waals surface area contributed by atoms with Gasteiger partial charge in [-0.3, -0.25) is 9.69 Å². The van der Waals surface area contributed by atoms with E-state index in [1.54, 1.807) is 24.6 Å². The van der Waals surface area contributed by atoms with E-state index in [0.717, 1.165) is 22.5 Å². The van der Waals surface area contributed by atoms with E-state index in [1.165, 1.54) is 4.90 Å². The van der Waals surface area contributed by atoms with Crippen LogP contribution >= 0.6 is 11.3 Å². The molecule has 4 rings (SSSR count). The Bertz CT molecular complexity index is 959. The van der Waals surface area contributed by atoms with Crippen LogP contribution in [0.2, 0.25) is 0 Å². The third-order valence-electron chi connectivity index (χ3n) is 4.49. The Morgan fingerprint density at radius 1 is 1.29 bits per heavy atom. The maximum atomic E-state index is 12.2. The van der Waals surface area contributed by atoms with Crippen LogP contribution in [0, 0.1) is 0 Å². The maximum absolute atomic E-state index is 12.2. The summed E-state index contributed by atoms with van der Waals surface area (Å²) in [5.41, 5.74) is 9.15. The summed E-state index contributed by atoms with van der Waals surface area (Å²) in [5.74, 6) is 0.187. The number of rotatable bonds is 2. The van der Waals surface area contributed by atoms with Crippen LogP contribution in [0.1, 0.15) is 19.0 Å². The van der Waals surface area contributed by atoms with Crippen molar-refractivity contribution in [3.05, 3.63) is 47.0 Å². The van der Waals surface area contributed by atoms with Gasteiger partial charge < -0.3 is 10.1 Å². The molecule has 3 aromatic rings. The van der Waals surface area contributed by atoms with Crippen molar-refractivity contribution in [2.45, 2.75) is 18.9 Å². The molecule has 122 valence electrons. The van der Waals surface area contributed by atoms with Crippen molar-refractivity contribution in [3.63, 3.8) is 0 Å². The number of aromatic nitrogens is 2. The summed E-state index contributed by atoms with van der Waals surface area (Å²) in [6.07, 6.45) is 4.09. The summed E-state index contributed by atoms with van der Waals surface area (Å²) in [6, 6.07) is 6.11. The van der Waals surface area contributed by atoms with E-state index in [1.807, 2.05) is 29.7 Å². The first-order valence-electron chi connectivity index (χ1n) is 7.60. The lowest BCUT2D eigenvalue weighted by atomic mass is 9.92. The molecule has 0 saturated carbocycles. The molecular weight excluding hydrogens is 322 g/mol. The van der Waals surface area contributed by atoms with Crippen molar-refractivity contribution in [3.8, 4) is 11.1 Å². The second-order valence-corrected chi connectivity index (χ2v) is 6.95. The van der Waals surface area contributed by atoms with Gasteiger partial charge in [0.25, 0.3) is 0 Å². The van der Waals surface area contributed by atoms with E-state index in [9.17, 15) is 4.79 Å². The lowest BCUT2D eigenvalue weighted by Gasteiger charge is -2.32. The van der Waals surface area contributed by atoms with Crippen LogP contribution in [0.5, 0.6) is 0 Å². The van der Waals surface area contributed by atoms with Crippen molar-refractivity contribution in [1.29, 1.82) is 0 Å². The van der Waals surface area contributed by atoms with Crippen LogP contribution in [0.4, 0.5) is 0 Å². The number of guanidine groups is 1. The molecule has 4 heterocycles. The average Bonchev–Trinajstić information content (AvgIpc) is 3.21. The predicted molar refractivity (Wildman–Crippen MR) is 94.9 cm³/mol. The molecule has 0 saturated heterocycles. The van der Waals surface area contributed by atoms with Gasteiger partial charge in [-0.1, -0.05) is 0 Å². The number of carbonyl (C=O) groups is 1. The molecule has 1 aliphatic rings. The number of nitrogens with zero attached hydrogens (tertiary/aromatic N) is 4. The van der Waals surface area contributed by atoms with Crippen LogP contribution in [-0.2, 0) is 10.3 Å². The maximum Gasteiger partial charge on any atom is 0.231 e. The highest BCUT2D eigenvalue weighted by molar-refractivity contribution is 7.08. The zero-order chi connectivity index (χ0) is 16.9. The number of aliphatic imine (C=N–C) groups is 1. The minimum Gasteiger partial charge on any atom is -0.369 e. The number of nitrogens with two attached hydrogens (primary N) is 1. The van der Waals surface area contributed by atoms with E-state index in [4.69, 9.17) is 5.73 Å². The number of hydrogen-bond acceptors (Lipinski definition) is 5. The van der Waals surface area contributed by atoms with Gasteiger partial charge in [0.15, 0.2) is 5.96 Å². The molecule has 3 aromatic heterocycles. The molecule has 1 aliphatic heterocycles. The normalized spacial score (nSPS) is 21.3. The van der Waals surface area contributed by atoms with E-state index in [2.05, 4.69) is 26.8 Å². The molecule has 7 heteroatoms. The number of fused-ring (bicyclic) bond motifs is 1. The third kappa shape index (κ3) is 2.20. The summed E-state index contributed by atoms with van der Waals surface area (Å²) < 4.78 is 2.00. The number of hydrogen-bond donors (Lipinski definition) is 1. The largest absolute Gasteiger partial charge is 0.369 e. The number of imidazole rings is 1. The average molecular weight is 339 g/mol. The van der Waals surface area contributed by atoms with Gasteiger partial charge in [-0.2, -0.15) is 11.3 Å². The van der Waals surface area contributed by atoms with E-state index >= 15 is 0 Å². The second kappa shape index (κ2) is 5.17. The van der Waals surface area contributed by atoms with Gasteiger partial charge in [-0.25, -0.2) is 9.98 Å². The molecule has 1 atom stereocenters. The van der Waals surface area contributed by atoms with E-state index in [-0.39, 0.29) is 18.3 Å². The fourth-order valence-corrected chi connectivity index (χ4v) is 3.70. The van der Waals surface area contributed by atoms with Crippen molar-refractivity contribution >= 4 is 28.9 Å². The Labute approximate surface area is 143 Å². The van der Waals surface area contributed by atoms with Crippen LogP contribution in [0.15, 0.2) is 46.3 Å². The molecule has 0 fully saturated rings. The summed E-state index contributed by atoms with van der Waals surface area (Å²) in [4.78, 5) is 22.7. The van der Waals surface area contributed by atoms with Gasteiger partial charge >= 0.3 is 0 Å². The molecule has 6 nitrogen and oxygen atoms in total. The Morgan fingerprint density at radius 3 is 2.83 bits per heavy atom. The molecule has 0 aromatic carbocycles. The fraction of sp³-hybridized carbons (Fsp3) is 0.235. The van der Waals surface area contributed by atoms with Gasteiger partial charge in [0.05, 0.1) is 18.3 Å². The molecule has 0 bridgehead atoms. The summed E-state index contributed by atoms with van der Waals surface area (Å²) in [5, 5.41) is 4.16. The smallest absolute Gasteiger partial charge is 0.231 e. The van der Waals surface area contributed by atoms with Gasteiger partial charge in [-0.05, 0) is 47.0 Å². The zero-order valence-corrected chi connectivity index (χ0v) is 14.2. The van der Waals surface area contributed by atoms with Gasteiger partial charge in [0, 0.05) is 13.2 Å². The minimum atomic E-state index is -0.722. The SMILES string of the molecule is CN1C(=O)C[C@@](C)(c2cnc3ccc(-c4ccsc4)cn23)N=C1N. The minimum absolute atomic E-state index is 0.0473. The molecule has 0 spiro atoms. The summed E-state index contributed by atoms with van der Waals surface area (Å²) in [6.45, 7) is 1.92. The second-order valence-electron chi connectivity index (χ2n) is 6.17. The van der Waals surface area contributed by atoms with Crippen LogP contribution in [-0.4, -0.2) is 33.2 Å². The van der Waals surface area contributed by atoms with Gasteiger partial charge in [0.2, 0.25) is 5.91 Å². The van der Waals surface area contributed by atoms with Crippen LogP contribution in [0.3, 0.4) is 0 Å².